The van der Waals surface area contributed by atoms with Gasteiger partial charge in [0, 0.05) is 13.8 Å². The van der Waals surface area contributed by atoms with Crippen molar-refractivity contribution in [2.24, 2.45) is 0 Å². The minimum Gasteiger partial charge on any atom is -0.461 e. The number of ether oxygens (including phenoxy) is 2. The van der Waals surface area contributed by atoms with E-state index in [4.69, 9.17) is 9.47 Å². The van der Waals surface area contributed by atoms with Crippen LogP contribution in [0, 0.1) is 0 Å². The highest BCUT2D eigenvalue weighted by molar-refractivity contribution is 5.70. The highest BCUT2D eigenvalue weighted by atomic mass is 16.5. The van der Waals surface area contributed by atoms with Gasteiger partial charge in [-0.15, -0.1) is 0 Å². The molecule has 4 nitrogen and oxygen atoms in total. The van der Waals surface area contributed by atoms with Crippen molar-refractivity contribution in [3.8, 4) is 11.1 Å². The first kappa shape index (κ1) is 15.8. The fourth-order valence-electron chi connectivity index (χ4n) is 2.09. The van der Waals surface area contributed by atoms with E-state index in [9.17, 15) is 9.59 Å². The molecule has 0 fully saturated rings. The largest absolute Gasteiger partial charge is 0.461 e. The van der Waals surface area contributed by atoms with E-state index in [1.165, 1.54) is 13.8 Å². The van der Waals surface area contributed by atoms with Gasteiger partial charge < -0.3 is 9.47 Å². The molecule has 22 heavy (non-hydrogen) atoms. The SMILES string of the molecule is CC(=O)OCc1ccc(COC(C)=O)c(-c2ccccc2)c1. The van der Waals surface area contributed by atoms with E-state index in [1.807, 2.05) is 48.5 Å². The number of benzene rings is 2. The Morgan fingerprint density at radius 3 is 2.14 bits per heavy atom. The molecule has 2 aromatic rings. The second-order valence-electron chi connectivity index (χ2n) is 4.92. The lowest BCUT2D eigenvalue weighted by molar-refractivity contribution is -0.143. The van der Waals surface area contributed by atoms with Gasteiger partial charge >= 0.3 is 11.9 Å². The van der Waals surface area contributed by atoms with Crippen molar-refractivity contribution >= 4 is 11.9 Å². The van der Waals surface area contributed by atoms with E-state index in [-0.39, 0.29) is 25.2 Å². The van der Waals surface area contributed by atoms with Gasteiger partial charge in [0.2, 0.25) is 0 Å². The summed E-state index contributed by atoms with van der Waals surface area (Å²) in [6.45, 7) is 3.21. The smallest absolute Gasteiger partial charge is 0.302 e. The van der Waals surface area contributed by atoms with E-state index in [0.29, 0.717) is 0 Å². The molecular weight excluding hydrogens is 280 g/mol. The average Bonchev–Trinajstić information content (AvgIpc) is 2.52. The summed E-state index contributed by atoms with van der Waals surface area (Å²) in [4.78, 5) is 22.0. The van der Waals surface area contributed by atoms with Crippen molar-refractivity contribution in [2.45, 2.75) is 27.1 Å². The maximum absolute atomic E-state index is 11.0. The summed E-state index contributed by atoms with van der Waals surface area (Å²) in [5, 5.41) is 0. The van der Waals surface area contributed by atoms with Crippen molar-refractivity contribution < 1.29 is 19.1 Å². The molecule has 0 spiro atoms. The van der Waals surface area contributed by atoms with Crippen LogP contribution in [0.1, 0.15) is 25.0 Å². The summed E-state index contributed by atoms with van der Waals surface area (Å²) in [6, 6.07) is 15.5. The fourth-order valence-corrected chi connectivity index (χ4v) is 2.09. The van der Waals surface area contributed by atoms with Crippen LogP contribution < -0.4 is 0 Å². The van der Waals surface area contributed by atoms with Crippen LogP contribution in [0.2, 0.25) is 0 Å². The molecule has 0 heterocycles. The van der Waals surface area contributed by atoms with Gasteiger partial charge in [0.05, 0.1) is 0 Å². The molecule has 2 rings (SSSR count). The van der Waals surface area contributed by atoms with Gasteiger partial charge in [-0.1, -0.05) is 42.5 Å². The van der Waals surface area contributed by atoms with Gasteiger partial charge in [-0.3, -0.25) is 9.59 Å². The molecule has 0 N–H and O–H groups in total. The Morgan fingerprint density at radius 2 is 1.50 bits per heavy atom. The summed E-state index contributed by atoms with van der Waals surface area (Å²) < 4.78 is 10.1. The van der Waals surface area contributed by atoms with Gasteiger partial charge in [-0.05, 0) is 28.3 Å². The number of rotatable bonds is 5. The molecule has 0 aliphatic rings. The summed E-state index contributed by atoms with van der Waals surface area (Å²) in [5.41, 5.74) is 3.79. The summed E-state index contributed by atoms with van der Waals surface area (Å²) >= 11 is 0. The Balaban J connectivity index is 2.32. The first-order chi connectivity index (χ1) is 10.6. The van der Waals surface area contributed by atoms with Crippen molar-refractivity contribution in [1.82, 2.24) is 0 Å². The van der Waals surface area contributed by atoms with E-state index in [0.717, 1.165) is 22.3 Å². The third-order valence-corrected chi connectivity index (χ3v) is 3.13. The second kappa shape index (κ2) is 7.41. The molecule has 0 aromatic heterocycles. The third-order valence-electron chi connectivity index (χ3n) is 3.13. The maximum Gasteiger partial charge on any atom is 0.302 e. The molecule has 0 unspecified atom stereocenters. The zero-order chi connectivity index (χ0) is 15.9. The predicted octanol–water partition coefficient (Wildman–Crippen LogP) is 3.48. The molecule has 0 saturated carbocycles. The zero-order valence-electron chi connectivity index (χ0n) is 12.7. The zero-order valence-corrected chi connectivity index (χ0v) is 12.7. The van der Waals surface area contributed by atoms with Crippen LogP contribution in [0.15, 0.2) is 48.5 Å². The highest BCUT2D eigenvalue weighted by Gasteiger charge is 2.09. The quantitative estimate of drug-likeness (QED) is 0.793. The van der Waals surface area contributed by atoms with Gasteiger partial charge in [0.25, 0.3) is 0 Å². The lowest BCUT2D eigenvalue weighted by Crippen LogP contribution is -2.03. The normalized spacial score (nSPS) is 10.1. The molecule has 114 valence electrons. The Bertz CT molecular complexity index is 662. The molecule has 0 aliphatic carbocycles. The summed E-state index contributed by atoms with van der Waals surface area (Å²) in [7, 11) is 0. The number of hydrogen-bond donors (Lipinski definition) is 0. The Morgan fingerprint density at radius 1 is 0.864 bits per heavy atom. The van der Waals surface area contributed by atoms with E-state index in [2.05, 4.69) is 0 Å². The van der Waals surface area contributed by atoms with Crippen LogP contribution in [0.4, 0.5) is 0 Å². The molecular formula is C18H18O4. The Kier molecular flexibility index (Phi) is 5.31. The standard InChI is InChI=1S/C18H18O4/c1-13(19)21-11-15-8-9-17(12-22-14(2)20)18(10-15)16-6-4-3-5-7-16/h3-10H,11-12H2,1-2H3. The second-order valence-corrected chi connectivity index (χ2v) is 4.92. The van der Waals surface area contributed by atoms with Crippen LogP contribution in [0.5, 0.6) is 0 Å². The van der Waals surface area contributed by atoms with Gasteiger partial charge in [-0.2, -0.15) is 0 Å². The van der Waals surface area contributed by atoms with Gasteiger partial charge in [0.1, 0.15) is 13.2 Å². The molecule has 0 atom stereocenters. The Hall–Kier alpha value is -2.62. The van der Waals surface area contributed by atoms with E-state index >= 15 is 0 Å². The summed E-state index contributed by atoms with van der Waals surface area (Å²) in [5.74, 6) is -0.631. The molecule has 0 saturated heterocycles. The van der Waals surface area contributed by atoms with E-state index in [1.54, 1.807) is 0 Å². The lowest BCUT2D eigenvalue weighted by Gasteiger charge is -2.12. The number of hydrogen-bond acceptors (Lipinski definition) is 4. The minimum absolute atomic E-state index is 0.216. The monoisotopic (exact) mass is 298 g/mol. The van der Waals surface area contributed by atoms with Crippen molar-refractivity contribution in [3.05, 3.63) is 59.7 Å². The number of esters is 2. The van der Waals surface area contributed by atoms with Crippen molar-refractivity contribution in [2.75, 3.05) is 0 Å². The number of carbonyl (C=O) groups is 2. The maximum atomic E-state index is 11.0. The molecule has 0 bridgehead atoms. The van der Waals surface area contributed by atoms with Crippen LogP contribution in [0.3, 0.4) is 0 Å². The van der Waals surface area contributed by atoms with Crippen molar-refractivity contribution in [3.63, 3.8) is 0 Å². The molecule has 4 heteroatoms. The van der Waals surface area contributed by atoms with Crippen LogP contribution in [-0.2, 0) is 32.3 Å². The van der Waals surface area contributed by atoms with Crippen LogP contribution >= 0.6 is 0 Å². The van der Waals surface area contributed by atoms with Crippen molar-refractivity contribution in [1.29, 1.82) is 0 Å². The highest BCUT2D eigenvalue weighted by Crippen LogP contribution is 2.26. The third kappa shape index (κ3) is 4.45. The predicted molar refractivity (Wildman–Crippen MR) is 82.8 cm³/mol. The van der Waals surface area contributed by atoms with Gasteiger partial charge in [-0.25, -0.2) is 0 Å². The first-order valence-corrected chi connectivity index (χ1v) is 7.00. The molecule has 2 aromatic carbocycles. The minimum atomic E-state index is -0.317. The van der Waals surface area contributed by atoms with Crippen LogP contribution in [0.25, 0.3) is 11.1 Å². The molecule has 0 amide bonds. The lowest BCUT2D eigenvalue weighted by atomic mass is 9.98. The fraction of sp³-hybridized carbons (Fsp3) is 0.222. The Labute approximate surface area is 129 Å². The average molecular weight is 298 g/mol. The van der Waals surface area contributed by atoms with E-state index < -0.39 is 0 Å². The summed E-state index contributed by atoms with van der Waals surface area (Å²) in [6.07, 6.45) is 0. The van der Waals surface area contributed by atoms with Crippen LogP contribution in [-0.4, -0.2) is 11.9 Å². The van der Waals surface area contributed by atoms with Gasteiger partial charge in [0.15, 0.2) is 0 Å². The number of carbonyl (C=O) groups excluding carboxylic acids is 2. The molecule has 0 aliphatic heterocycles. The topological polar surface area (TPSA) is 52.6 Å². The molecule has 0 radical (unpaired) electrons. The first-order valence-electron chi connectivity index (χ1n) is 7.00.